The molecule has 0 bridgehead atoms. The zero-order valence-electron chi connectivity index (χ0n) is 11.8. The predicted molar refractivity (Wildman–Crippen MR) is 90.9 cm³/mol. The van der Waals surface area contributed by atoms with E-state index in [4.69, 9.17) is 5.73 Å². The Hall–Kier alpha value is -2.54. The number of rotatable bonds is 1. The highest BCUT2D eigenvalue weighted by molar-refractivity contribution is 6.10. The van der Waals surface area contributed by atoms with Gasteiger partial charge in [-0.1, -0.05) is 54.6 Å². The highest BCUT2D eigenvalue weighted by Crippen LogP contribution is 2.35. The van der Waals surface area contributed by atoms with E-state index < -0.39 is 0 Å². The van der Waals surface area contributed by atoms with Crippen LogP contribution in [-0.4, -0.2) is 0 Å². The van der Waals surface area contributed by atoms with E-state index in [9.17, 15) is 0 Å². The second-order valence-electron chi connectivity index (χ2n) is 5.61. The van der Waals surface area contributed by atoms with Crippen molar-refractivity contribution in [3.05, 3.63) is 78.0 Å². The molecule has 0 spiro atoms. The standard InChI is InChI=1S/C20H17N/c21-17-9-5-8-16(13-17)20-18-10-3-1-6-14(18)12-15-7-2-4-11-19(15)20/h1-4,6-8,10-13H,5,9,21H2. The van der Waals surface area contributed by atoms with Crippen molar-refractivity contribution in [1.29, 1.82) is 0 Å². The Balaban J connectivity index is 2.15. The van der Waals surface area contributed by atoms with E-state index in [0.717, 1.165) is 18.5 Å². The lowest BCUT2D eigenvalue weighted by atomic mass is 9.89. The van der Waals surface area contributed by atoms with Crippen molar-refractivity contribution >= 4 is 27.1 Å². The first-order valence-electron chi connectivity index (χ1n) is 7.40. The van der Waals surface area contributed by atoms with E-state index in [1.165, 1.54) is 32.7 Å². The Morgan fingerprint density at radius 3 is 2.05 bits per heavy atom. The molecule has 0 aromatic heterocycles. The number of nitrogens with two attached hydrogens (primary N) is 1. The first-order valence-corrected chi connectivity index (χ1v) is 7.40. The fraction of sp³-hybridized carbons (Fsp3) is 0.100. The van der Waals surface area contributed by atoms with Gasteiger partial charge in [-0.2, -0.15) is 0 Å². The Morgan fingerprint density at radius 1 is 0.810 bits per heavy atom. The van der Waals surface area contributed by atoms with Crippen LogP contribution in [0.1, 0.15) is 18.4 Å². The molecule has 4 rings (SSSR count). The van der Waals surface area contributed by atoms with Crippen molar-refractivity contribution < 1.29 is 0 Å². The molecule has 0 radical (unpaired) electrons. The fourth-order valence-electron chi connectivity index (χ4n) is 3.22. The number of hydrogen-bond acceptors (Lipinski definition) is 1. The summed E-state index contributed by atoms with van der Waals surface area (Å²) in [4.78, 5) is 0. The molecule has 0 amide bonds. The van der Waals surface area contributed by atoms with Crippen LogP contribution in [0.25, 0.3) is 27.1 Å². The van der Waals surface area contributed by atoms with E-state index in [-0.39, 0.29) is 0 Å². The summed E-state index contributed by atoms with van der Waals surface area (Å²) in [7, 11) is 0. The lowest BCUT2D eigenvalue weighted by Gasteiger charge is -2.16. The minimum Gasteiger partial charge on any atom is -0.402 e. The maximum atomic E-state index is 6.07. The van der Waals surface area contributed by atoms with E-state index in [1.54, 1.807) is 0 Å². The van der Waals surface area contributed by atoms with Crippen molar-refractivity contribution in [3.8, 4) is 0 Å². The SMILES string of the molecule is NC1=CC(c2c3ccccc3cc3ccccc23)=CCC1. The molecular weight excluding hydrogens is 254 g/mol. The van der Waals surface area contributed by atoms with Crippen molar-refractivity contribution in [2.75, 3.05) is 0 Å². The first-order chi connectivity index (χ1) is 10.3. The number of hydrogen-bond donors (Lipinski definition) is 1. The quantitative estimate of drug-likeness (QED) is 0.618. The molecule has 1 heteroatoms. The molecule has 0 fully saturated rings. The third-order valence-corrected chi connectivity index (χ3v) is 4.20. The van der Waals surface area contributed by atoms with Gasteiger partial charge >= 0.3 is 0 Å². The maximum absolute atomic E-state index is 6.07. The molecular formula is C20H17N. The molecule has 0 saturated carbocycles. The topological polar surface area (TPSA) is 26.0 Å². The Bertz CT molecular complexity index is 846. The Labute approximate surface area is 124 Å². The van der Waals surface area contributed by atoms with Crippen molar-refractivity contribution in [2.45, 2.75) is 12.8 Å². The second-order valence-corrected chi connectivity index (χ2v) is 5.61. The van der Waals surface area contributed by atoms with E-state index in [1.807, 2.05) is 0 Å². The van der Waals surface area contributed by atoms with Crippen LogP contribution in [0.2, 0.25) is 0 Å². The van der Waals surface area contributed by atoms with Crippen molar-refractivity contribution in [2.24, 2.45) is 5.73 Å². The smallest absolute Gasteiger partial charge is 0.00896 e. The lowest BCUT2D eigenvalue weighted by Crippen LogP contribution is -2.01. The monoisotopic (exact) mass is 271 g/mol. The van der Waals surface area contributed by atoms with Gasteiger partial charge in [-0.3, -0.25) is 0 Å². The van der Waals surface area contributed by atoms with Crippen LogP contribution in [0.15, 0.2) is 72.4 Å². The molecule has 1 aliphatic rings. The van der Waals surface area contributed by atoms with Gasteiger partial charge in [-0.25, -0.2) is 0 Å². The van der Waals surface area contributed by atoms with Crippen LogP contribution in [0.5, 0.6) is 0 Å². The largest absolute Gasteiger partial charge is 0.402 e. The van der Waals surface area contributed by atoms with Gasteiger partial charge < -0.3 is 5.73 Å². The summed E-state index contributed by atoms with van der Waals surface area (Å²) in [5.74, 6) is 0. The van der Waals surface area contributed by atoms with Gasteiger partial charge in [0.15, 0.2) is 0 Å². The molecule has 1 nitrogen and oxygen atoms in total. The van der Waals surface area contributed by atoms with Crippen molar-refractivity contribution in [1.82, 2.24) is 0 Å². The average molecular weight is 271 g/mol. The summed E-state index contributed by atoms with van der Waals surface area (Å²) in [6.07, 6.45) is 6.43. The Kier molecular flexibility index (Phi) is 2.78. The molecule has 21 heavy (non-hydrogen) atoms. The summed E-state index contributed by atoms with van der Waals surface area (Å²) in [5.41, 5.74) is 9.61. The van der Waals surface area contributed by atoms with Gasteiger partial charge in [0.25, 0.3) is 0 Å². The molecule has 0 aliphatic heterocycles. The summed E-state index contributed by atoms with van der Waals surface area (Å²) in [6.45, 7) is 0. The van der Waals surface area contributed by atoms with Crippen LogP contribution < -0.4 is 5.73 Å². The third-order valence-electron chi connectivity index (χ3n) is 4.20. The van der Waals surface area contributed by atoms with Gasteiger partial charge in [0.1, 0.15) is 0 Å². The third kappa shape index (κ3) is 2.02. The van der Waals surface area contributed by atoms with Crippen molar-refractivity contribution in [3.63, 3.8) is 0 Å². The van der Waals surface area contributed by atoms with Crippen LogP contribution in [-0.2, 0) is 0 Å². The van der Waals surface area contributed by atoms with Gasteiger partial charge in [-0.05, 0) is 57.7 Å². The summed E-state index contributed by atoms with van der Waals surface area (Å²) >= 11 is 0. The second kappa shape index (κ2) is 4.78. The summed E-state index contributed by atoms with van der Waals surface area (Å²) in [5, 5.41) is 5.16. The van der Waals surface area contributed by atoms with E-state index in [0.29, 0.717) is 0 Å². The van der Waals surface area contributed by atoms with Gasteiger partial charge in [-0.15, -0.1) is 0 Å². The Morgan fingerprint density at radius 2 is 1.43 bits per heavy atom. The highest BCUT2D eigenvalue weighted by Gasteiger charge is 2.12. The van der Waals surface area contributed by atoms with Gasteiger partial charge in [0.2, 0.25) is 0 Å². The molecule has 0 atom stereocenters. The minimum atomic E-state index is 0.964. The first kappa shape index (κ1) is 12.2. The van der Waals surface area contributed by atoms with Crippen LogP contribution in [0.4, 0.5) is 0 Å². The zero-order valence-corrected chi connectivity index (χ0v) is 11.8. The fourth-order valence-corrected chi connectivity index (χ4v) is 3.22. The minimum absolute atomic E-state index is 0.964. The van der Waals surface area contributed by atoms with Gasteiger partial charge in [0, 0.05) is 5.70 Å². The molecule has 0 unspecified atom stereocenters. The number of benzene rings is 3. The van der Waals surface area contributed by atoms with Crippen LogP contribution in [0.3, 0.4) is 0 Å². The lowest BCUT2D eigenvalue weighted by molar-refractivity contribution is 0.949. The number of fused-ring (bicyclic) bond motifs is 2. The summed E-state index contributed by atoms with van der Waals surface area (Å²) < 4.78 is 0. The van der Waals surface area contributed by atoms with E-state index >= 15 is 0 Å². The number of allylic oxidation sites excluding steroid dienone is 4. The van der Waals surface area contributed by atoms with Crippen LogP contribution >= 0.6 is 0 Å². The molecule has 102 valence electrons. The van der Waals surface area contributed by atoms with Crippen LogP contribution in [0, 0.1) is 0 Å². The predicted octanol–water partition coefficient (Wildman–Crippen LogP) is 5.01. The average Bonchev–Trinajstić information content (AvgIpc) is 2.52. The zero-order chi connectivity index (χ0) is 14.2. The highest BCUT2D eigenvalue weighted by atomic mass is 14.6. The molecule has 3 aromatic rings. The molecule has 3 aromatic carbocycles. The summed E-state index contributed by atoms with van der Waals surface area (Å²) in [6, 6.07) is 19.5. The maximum Gasteiger partial charge on any atom is 0.00896 e. The van der Waals surface area contributed by atoms with Gasteiger partial charge in [0.05, 0.1) is 0 Å². The molecule has 0 saturated heterocycles. The molecule has 0 heterocycles. The van der Waals surface area contributed by atoms with E-state index in [2.05, 4.69) is 66.7 Å². The normalized spacial score (nSPS) is 15.0. The molecule has 1 aliphatic carbocycles. The molecule has 2 N–H and O–H groups in total.